The van der Waals surface area contributed by atoms with Crippen LogP contribution in [0.5, 0.6) is 0 Å². The maximum absolute atomic E-state index is 12.1. The van der Waals surface area contributed by atoms with Crippen LogP contribution in [0.3, 0.4) is 0 Å². The largest absolute Gasteiger partial charge is 0.313 e. The van der Waals surface area contributed by atoms with E-state index in [2.05, 4.69) is 24.1 Å². The monoisotopic (exact) mass is 253 g/mol. The smallest absolute Gasteiger partial charge is 0.246 e. The fourth-order valence-corrected chi connectivity index (χ4v) is 2.86. The van der Waals surface area contributed by atoms with E-state index in [0.29, 0.717) is 12.5 Å². The molecule has 2 heterocycles. The number of imide groups is 1. The third kappa shape index (κ3) is 2.57. The molecule has 0 bridgehead atoms. The minimum atomic E-state index is -0.259. The fourth-order valence-electron chi connectivity index (χ4n) is 2.86. The first kappa shape index (κ1) is 13.5. The molecule has 0 saturated carbocycles. The van der Waals surface area contributed by atoms with E-state index in [0.717, 1.165) is 19.5 Å². The highest BCUT2D eigenvalue weighted by atomic mass is 16.2. The van der Waals surface area contributed by atoms with Crippen molar-refractivity contribution in [2.24, 2.45) is 0 Å². The van der Waals surface area contributed by atoms with E-state index in [-0.39, 0.29) is 23.9 Å². The van der Waals surface area contributed by atoms with Crippen LogP contribution in [0.25, 0.3) is 0 Å². The lowest BCUT2D eigenvalue weighted by Gasteiger charge is -2.33. The van der Waals surface area contributed by atoms with Gasteiger partial charge >= 0.3 is 0 Å². The second-order valence-corrected chi connectivity index (χ2v) is 5.59. The fraction of sp³-hybridized carbons (Fsp3) is 0.846. The lowest BCUT2D eigenvalue weighted by molar-refractivity contribution is -0.138. The summed E-state index contributed by atoms with van der Waals surface area (Å²) < 4.78 is 0. The predicted octanol–water partition coefficient (Wildman–Crippen LogP) is 0.206. The third-order valence-electron chi connectivity index (χ3n) is 4.01. The predicted molar refractivity (Wildman–Crippen MR) is 69.0 cm³/mol. The lowest BCUT2D eigenvalue weighted by Crippen LogP contribution is -2.49. The lowest BCUT2D eigenvalue weighted by atomic mass is 10.1. The molecule has 2 amide bonds. The number of likely N-dealkylation sites (N-methyl/N-ethyl adjacent to an activating group) is 1. The van der Waals surface area contributed by atoms with Crippen LogP contribution >= 0.6 is 0 Å². The van der Waals surface area contributed by atoms with E-state index < -0.39 is 0 Å². The van der Waals surface area contributed by atoms with Gasteiger partial charge in [0.2, 0.25) is 11.8 Å². The molecule has 2 rings (SSSR count). The number of amides is 2. The Morgan fingerprint density at radius 2 is 2.17 bits per heavy atom. The molecular weight excluding hydrogens is 230 g/mol. The SMILES string of the molecule is CC(C)N(CC1CCCN1)C1CC(=O)N(C)C1=O. The van der Waals surface area contributed by atoms with Gasteiger partial charge < -0.3 is 5.32 Å². The van der Waals surface area contributed by atoms with E-state index in [1.54, 1.807) is 7.05 Å². The zero-order valence-electron chi connectivity index (χ0n) is 11.5. The quantitative estimate of drug-likeness (QED) is 0.728. The topological polar surface area (TPSA) is 52.7 Å². The van der Waals surface area contributed by atoms with Gasteiger partial charge in [0.15, 0.2) is 0 Å². The molecular formula is C13H23N3O2. The van der Waals surface area contributed by atoms with E-state index in [9.17, 15) is 9.59 Å². The molecule has 2 unspecified atom stereocenters. The Kier molecular flexibility index (Phi) is 4.02. The van der Waals surface area contributed by atoms with Crippen LogP contribution in [0.1, 0.15) is 33.1 Å². The second-order valence-electron chi connectivity index (χ2n) is 5.59. The van der Waals surface area contributed by atoms with Crippen LogP contribution in [0, 0.1) is 0 Å². The number of carbonyl (C=O) groups is 2. The van der Waals surface area contributed by atoms with Gasteiger partial charge in [-0.2, -0.15) is 0 Å². The summed E-state index contributed by atoms with van der Waals surface area (Å²) >= 11 is 0. The molecule has 0 aromatic carbocycles. The van der Waals surface area contributed by atoms with Gasteiger partial charge in [0.1, 0.15) is 0 Å². The normalized spacial score (nSPS) is 29.1. The van der Waals surface area contributed by atoms with Crippen LogP contribution in [-0.2, 0) is 9.59 Å². The van der Waals surface area contributed by atoms with Crippen molar-refractivity contribution < 1.29 is 9.59 Å². The Labute approximate surface area is 108 Å². The average molecular weight is 253 g/mol. The van der Waals surface area contributed by atoms with Gasteiger partial charge in [0.05, 0.1) is 12.5 Å². The molecule has 0 aliphatic carbocycles. The van der Waals surface area contributed by atoms with Gasteiger partial charge in [0.25, 0.3) is 0 Å². The Balaban J connectivity index is 2.05. The number of nitrogens with zero attached hydrogens (tertiary/aromatic N) is 2. The maximum atomic E-state index is 12.1. The Bertz CT molecular complexity index is 337. The summed E-state index contributed by atoms with van der Waals surface area (Å²) in [6.07, 6.45) is 2.70. The molecule has 5 heteroatoms. The van der Waals surface area contributed by atoms with Gasteiger partial charge in [-0.1, -0.05) is 0 Å². The first-order valence-electron chi connectivity index (χ1n) is 6.80. The minimum Gasteiger partial charge on any atom is -0.313 e. The highest BCUT2D eigenvalue weighted by molar-refractivity contribution is 6.05. The van der Waals surface area contributed by atoms with E-state index in [4.69, 9.17) is 0 Å². The van der Waals surface area contributed by atoms with Crippen molar-refractivity contribution in [2.75, 3.05) is 20.1 Å². The van der Waals surface area contributed by atoms with Crippen LogP contribution < -0.4 is 5.32 Å². The number of nitrogens with one attached hydrogen (secondary N) is 1. The van der Waals surface area contributed by atoms with Gasteiger partial charge in [0, 0.05) is 25.7 Å². The summed E-state index contributed by atoms with van der Waals surface area (Å²) in [6, 6.07) is 0.478. The van der Waals surface area contributed by atoms with Crippen molar-refractivity contribution >= 4 is 11.8 Å². The Hall–Kier alpha value is -0.940. The molecule has 18 heavy (non-hydrogen) atoms. The number of likely N-dealkylation sites (tertiary alicyclic amines) is 1. The summed E-state index contributed by atoms with van der Waals surface area (Å²) in [4.78, 5) is 27.1. The molecule has 0 spiro atoms. The second kappa shape index (κ2) is 5.36. The van der Waals surface area contributed by atoms with Gasteiger partial charge in [-0.3, -0.25) is 19.4 Å². The number of hydrogen-bond donors (Lipinski definition) is 1. The van der Waals surface area contributed by atoms with Crippen molar-refractivity contribution in [3.05, 3.63) is 0 Å². The van der Waals surface area contributed by atoms with Crippen LogP contribution in [0.2, 0.25) is 0 Å². The Morgan fingerprint density at radius 3 is 2.61 bits per heavy atom. The number of hydrogen-bond acceptors (Lipinski definition) is 4. The summed E-state index contributed by atoms with van der Waals surface area (Å²) in [5.41, 5.74) is 0. The molecule has 2 atom stereocenters. The summed E-state index contributed by atoms with van der Waals surface area (Å²) in [5, 5.41) is 3.45. The molecule has 0 aromatic rings. The van der Waals surface area contributed by atoms with Gasteiger partial charge in [-0.25, -0.2) is 0 Å². The summed E-state index contributed by atoms with van der Waals surface area (Å²) in [5.74, 6) is -0.110. The maximum Gasteiger partial charge on any atom is 0.246 e. The van der Waals surface area contributed by atoms with Crippen LogP contribution in [-0.4, -0.2) is 59.9 Å². The van der Waals surface area contributed by atoms with Crippen LogP contribution in [0.4, 0.5) is 0 Å². The van der Waals surface area contributed by atoms with Crippen LogP contribution in [0.15, 0.2) is 0 Å². The molecule has 2 aliphatic rings. The standard InChI is InChI=1S/C13H23N3O2/c1-9(2)16(8-10-5-4-6-14-10)11-7-12(17)15(3)13(11)18/h9-11,14H,4-8H2,1-3H3. The zero-order chi connectivity index (χ0) is 13.3. The molecule has 0 radical (unpaired) electrons. The van der Waals surface area contributed by atoms with E-state index >= 15 is 0 Å². The Morgan fingerprint density at radius 1 is 1.44 bits per heavy atom. The first-order chi connectivity index (χ1) is 8.50. The molecule has 1 N–H and O–H groups in total. The van der Waals surface area contributed by atoms with Gasteiger partial charge in [-0.15, -0.1) is 0 Å². The highest BCUT2D eigenvalue weighted by Crippen LogP contribution is 2.21. The summed E-state index contributed by atoms with van der Waals surface area (Å²) in [6.45, 7) is 6.10. The van der Waals surface area contributed by atoms with E-state index in [1.165, 1.54) is 11.3 Å². The van der Waals surface area contributed by atoms with Crippen molar-refractivity contribution in [1.82, 2.24) is 15.1 Å². The number of rotatable bonds is 4. The molecule has 2 fully saturated rings. The van der Waals surface area contributed by atoms with Gasteiger partial charge in [-0.05, 0) is 33.2 Å². The van der Waals surface area contributed by atoms with Crippen molar-refractivity contribution in [3.63, 3.8) is 0 Å². The van der Waals surface area contributed by atoms with E-state index in [1.807, 2.05) is 0 Å². The minimum absolute atomic E-state index is 0.0494. The molecule has 2 aliphatic heterocycles. The first-order valence-corrected chi connectivity index (χ1v) is 6.80. The van der Waals surface area contributed by atoms with Crippen molar-refractivity contribution in [3.8, 4) is 0 Å². The molecule has 2 saturated heterocycles. The third-order valence-corrected chi connectivity index (χ3v) is 4.01. The molecule has 5 nitrogen and oxygen atoms in total. The number of carbonyl (C=O) groups excluding carboxylic acids is 2. The summed E-state index contributed by atoms with van der Waals surface area (Å²) in [7, 11) is 1.58. The highest BCUT2D eigenvalue weighted by Gasteiger charge is 2.41. The zero-order valence-corrected chi connectivity index (χ0v) is 11.5. The molecule has 0 aromatic heterocycles. The van der Waals surface area contributed by atoms with Crippen molar-refractivity contribution in [2.45, 2.75) is 51.2 Å². The van der Waals surface area contributed by atoms with Crippen molar-refractivity contribution in [1.29, 1.82) is 0 Å². The average Bonchev–Trinajstić information content (AvgIpc) is 2.90. The molecule has 102 valence electrons.